The van der Waals surface area contributed by atoms with Gasteiger partial charge < -0.3 is 25.0 Å². The van der Waals surface area contributed by atoms with Crippen molar-refractivity contribution < 1.29 is 23.9 Å². The standard InChI is InChI=1S/C28H34N4O5/c1-32-23-7-6-21(16-26(33)30-14-11-18-9-12-29-13-10-18)37-25(23)17-36-24-8-5-20(15-22(24)28(32)35)31-27(34)19-3-2-4-19/h5,8-10,12-13,15,19,21,23,25H,2-4,6-7,11,14,16-17H2,1H3,(H,30,33)(H,31,34)/t21-,23+,25+/m0/s1. The molecule has 3 atom stereocenters. The molecule has 0 bridgehead atoms. The minimum absolute atomic E-state index is 0.00644. The van der Waals surface area contributed by atoms with Crippen LogP contribution in [0.3, 0.4) is 0 Å². The van der Waals surface area contributed by atoms with Crippen LogP contribution in [0.5, 0.6) is 5.75 Å². The molecule has 3 amide bonds. The Balaban J connectivity index is 1.17. The quantitative estimate of drug-likeness (QED) is 0.598. The summed E-state index contributed by atoms with van der Waals surface area (Å²) >= 11 is 0. The Morgan fingerprint density at radius 1 is 1.11 bits per heavy atom. The lowest BCUT2D eigenvalue weighted by molar-refractivity contribution is -0.134. The number of carbonyl (C=O) groups excluding carboxylic acids is 3. The van der Waals surface area contributed by atoms with Gasteiger partial charge in [0.2, 0.25) is 11.8 Å². The second-order valence-electron chi connectivity index (χ2n) is 10.2. The predicted molar refractivity (Wildman–Crippen MR) is 137 cm³/mol. The maximum atomic E-state index is 13.4. The Kier molecular flexibility index (Phi) is 7.69. The lowest BCUT2D eigenvalue weighted by Crippen LogP contribution is -2.54. The molecule has 9 heteroatoms. The second-order valence-corrected chi connectivity index (χ2v) is 10.2. The zero-order valence-electron chi connectivity index (χ0n) is 21.2. The molecule has 2 N–H and O–H groups in total. The molecule has 1 aromatic carbocycles. The summed E-state index contributed by atoms with van der Waals surface area (Å²) in [6, 6.07) is 8.92. The van der Waals surface area contributed by atoms with Gasteiger partial charge in [0, 0.05) is 37.6 Å². The molecule has 37 heavy (non-hydrogen) atoms. The SMILES string of the molecule is CN1C(=O)c2cc(NC(=O)C3CCC3)ccc2OC[C@H]2O[C@H](CC(=O)NCCc3ccncc3)CC[C@H]21. The van der Waals surface area contributed by atoms with Gasteiger partial charge in [0.15, 0.2) is 0 Å². The van der Waals surface area contributed by atoms with Crippen LogP contribution < -0.4 is 15.4 Å². The molecule has 0 spiro atoms. The van der Waals surface area contributed by atoms with E-state index in [2.05, 4.69) is 15.6 Å². The highest BCUT2D eigenvalue weighted by Gasteiger charge is 2.39. The number of benzene rings is 1. The van der Waals surface area contributed by atoms with Crippen molar-refractivity contribution in [1.82, 2.24) is 15.2 Å². The van der Waals surface area contributed by atoms with Crippen LogP contribution in [0.25, 0.3) is 0 Å². The van der Waals surface area contributed by atoms with Crippen LogP contribution in [0.4, 0.5) is 5.69 Å². The smallest absolute Gasteiger partial charge is 0.257 e. The summed E-state index contributed by atoms with van der Waals surface area (Å²) in [6.07, 6.45) is 8.27. The summed E-state index contributed by atoms with van der Waals surface area (Å²) in [5.41, 5.74) is 2.16. The Bertz CT molecular complexity index is 1140. The number of nitrogens with one attached hydrogen (secondary N) is 2. The first-order valence-electron chi connectivity index (χ1n) is 13.1. The van der Waals surface area contributed by atoms with Gasteiger partial charge in [-0.15, -0.1) is 0 Å². The molecule has 0 unspecified atom stereocenters. The Hall–Kier alpha value is -3.46. The highest BCUT2D eigenvalue weighted by molar-refractivity contribution is 6.00. The molecule has 9 nitrogen and oxygen atoms in total. The molecule has 0 radical (unpaired) electrons. The number of ether oxygens (including phenoxy) is 2. The van der Waals surface area contributed by atoms with E-state index in [1.807, 2.05) is 12.1 Å². The average molecular weight is 507 g/mol. The number of anilines is 1. The first kappa shape index (κ1) is 25.2. The normalized spacial score (nSPS) is 23.4. The number of aromatic nitrogens is 1. The van der Waals surface area contributed by atoms with E-state index < -0.39 is 0 Å². The molecular weight excluding hydrogens is 472 g/mol. The van der Waals surface area contributed by atoms with Gasteiger partial charge in [-0.25, -0.2) is 0 Å². The van der Waals surface area contributed by atoms with Crippen molar-refractivity contribution in [2.24, 2.45) is 5.92 Å². The van der Waals surface area contributed by atoms with E-state index >= 15 is 0 Å². The summed E-state index contributed by atoms with van der Waals surface area (Å²) in [6.45, 7) is 0.838. The highest BCUT2D eigenvalue weighted by atomic mass is 16.5. The van der Waals surface area contributed by atoms with Gasteiger partial charge in [0.1, 0.15) is 18.5 Å². The molecule has 3 aliphatic rings. The summed E-state index contributed by atoms with van der Waals surface area (Å²) < 4.78 is 12.3. The molecule has 1 saturated heterocycles. The lowest BCUT2D eigenvalue weighted by atomic mass is 9.85. The number of carbonyl (C=O) groups is 3. The monoisotopic (exact) mass is 506 g/mol. The number of fused-ring (bicyclic) bond motifs is 2. The van der Waals surface area contributed by atoms with E-state index in [1.54, 1.807) is 42.5 Å². The molecule has 1 aromatic heterocycles. The summed E-state index contributed by atoms with van der Waals surface area (Å²) in [5, 5.41) is 5.91. The van der Waals surface area contributed by atoms with Crippen molar-refractivity contribution in [2.75, 3.05) is 25.5 Å². The van der Waals surface area contributed by atoms with Crippen molar-refractivity contribution in [1.29, 1.82) is 0 Å². The highest BCUT2D eigenvalue weighted by Crippen LogP contribution is 2.33. The topological polar surface area (TPSA) is 110 Å². The van der Waals surface area contributed by atoms with Gasteiger partial charge in [0.05, 0.1) is 24.1 Å². The first-order chi connectivity index (χ1) is 18.0. The van der Waals surface area contributed by atoms with E-state index in [1.165, 1.54) is 0 Å². The number of amides is 3. The van der Waals surface area contributed by atoms with Crippen LogP contribution in [0.2, 0.25) is 0 Å². The summed E-state index contributed by atoms with van der Waals surface area (Å²) in [7, 11) is 1.78. The van der Waals surface area contributed by atoms with E-state index in [0.717, 1.165) is 37.7 Å². The zero-order chi connectivity index (χ0) is 25.8. The van der Waals surface area contributed by atoms with Crippen molar-refractivity contribution >= 4 is 23.4 Å². The molecule has 2 aromatic rings. The minimum Gasteiger partial charge on any atom is -0.490 e. The van der Waals surface area contributed by atoms with Gasteiger partial charge in [-0.3, -0.25) is 19.4 Å². The largest absolute Gasteiger partial charge is 0.490 e. The van der Waals surface area contributed by atoms with Gasteiger partial charge in [-0.2, -0.15) is 0 Å². The van der Waals surface area contributed by atoms with E-state index in [-0.39, 0.29) is 54.9 Å². The van der Waals surface area contributed by atoms with Crippen LogP contribution in [-0.2, 0) is 20.7 Å². The van der Waals surface area contributed by atoms with Crippen molar-refractivity contribution in [3.05, 3.63) is 53.9 Å². The number of nitrogens with zero attached hydrogens (tertiary/aromatic N) is 2. The number of rotatable bonds is 7. The Labute approximate surface area is 216 Å². The van der Waals surface area contributed by atoms with Gasteiger partial charge in [-0.05, 0) is 68.0 Å². The molecule has 5 rings (SSSR count). The van der Waals surface area contributed by atoms with E-state index in [0.29, 0.717) is 30.0 Å². The molecule has 1 saturated carbocycles. The van der Waals surface area contributed by atoms with E-state index in [9.17, 15) is 14.4 Å². The van der Waals surface area contributed by atoms with Gasteiger partial charge >= 0.3 is 0 Å². The third-order valence-corrected chi connectivity index (χ3v) is 7.65. The summed E-state index contributed by atoms with van der Waals surface area (Å²) in [5.74, 6) is 0.326. The van der Waals surface area contributed by atoms with Crippen LogP contribution in [0, 0.1) is 5.92 Å². The van der Waals surface area contributed by atoms with Crippen molar-refractivity contribution in [2.45, 2.75) is 63.2 Å². The fraction of sp³-hybridized carbons (Fsp3) is 0.500. The third-order valence-electron chi connectivity index (χ3n) is 7.65. The van der Waals surface area contributed by atoms with Crippen LogP contribution in [-0.4, -0.2) is 66.1 Å². The molecule has 1 aliphatic carbocycles. The third kappa shape index (κ3) is 5.93. The van der Waals surface area contributed by atoms with Crippen molar-refractivity contribution in [3.63, 3.8) is 0 Å². The number of likely N-dealkylation sites (N-methyl/N-ethyl adjacent to an activating group) is 1. The van der Waals surface area contributed by atoms with Gasteiger partial charge in [0.25, 0.3) is 5.91 Å². The Morgan fingerprint density at radius 2 is 1.92 bits per heavy atom. The molecule has 3 heterocycles. The molecule has 196 valence electrons. The average Bonchev–Trinajstić information content (AvgIpc) is 2.86. The Morgan fingerprint density at radius 3 is 2.68 bits per heavy atom. The first-order valence-corrected chi connectivity index (χ1v) is 13.1. The second kappa shape index (κ2) is 11.3. The maximum Gasteiger partial charge on any atom is 0.257 e. The fourth-order valence-electron chi connectivity index (χ4n) is 5.19. The van der Waals surface area contributed by atoms with Gasteiger partial charge in [-0.1, -0.05) is 6.42 Å². The van der Waals surface area contributed by atoms with Crippen LogP contribution in [0.1, 0.15) is 54.4 Å². The fourth-order valence-corrected chi connectivity index (χ4v) is 5.19. The molecule has 2 aliphatic heterocycles. The molecular formula is C28H34N4O5. The van der Waals surface area contributed by atoms with Crippen LogP contribution >= 0.6 is 0 Å². The number of hydrogen-bond donors (Lipinski definition) is 2. The van der Waals surface area contributed by atoms with Crippen LogP contribution in [0.15, 0.2) is 42.7 Å². The lowest BCUT2D eigenvalue weighted by Gasteiger charge is -2.42. The zero-order valence-corrected chi connectivity index (χ0v) is 21.2. The molecule has 2 fully saturated rings. The maximum absolute atomic E-state index is 13.4. The summed E-state index contributed by atoms with van der Waals surface area (Å²) in [4.78, 5) is 44.0. The van der Waals surface area contributed by atoms with E-state index in [4.69, 9.17) is 9.47 Å². The number of hydrogen-bond acceptors (Lipinski definition) is 6. The van der Waals surface area contributed by atoms with Crippen molar-refractivity contribution in [3.8, 4) is 5.75 Å². The minimum atomic E-state index is -0.330. The predicted octanol–water partition coefficient (Wildman–Crippen LogP) is 2.95. The number of pyridine rings is 1.